The summed E-state index contributed by atoms with van der Waals surface area (Å²) in [5.41, 5.74) is -0.389. The number of hydrogen-bond acceptors (Lipinski definition) is 5. The van der Waals surface area contributed by atoms with Gasteiger partial charge in [0.1, 0.15) is 12.1 Å². The van der Waals surface area contributed by atoms with Crippen LogP contribution in [0.2, 0.25) is 0 Å². The molecule has 0 bridgehead atoms. The molecule has 0 aliphatic rings. The van der Waals surface area contributed by atoms with Gasteiger partial charge in [-0.2, -0.15) is 12.6 Å². The molecule has 0 aromatic carbocycles. The SMILES string of the molecule is CCOC(=O)CP(=O)(O)CP(=O)(O)CS. The molecular weight excluding hydrogens is 262 g/mol. The minimum absolute atomic E-state index is 0.0994. The van der Waals surface area contributed by atoms with Crippen molar-refractivity contribution in [3.05, 3.63) is 0 Å². The van der Waals surface area contributed by atoms with E-state index in [2.05, 4.69) is 17.4 Å². The second-order valence-electron chi connectivity index (χ2n) is 2.94. The van der Waals surface area contributed by atoms with Crippen LogP contribution in [0.1, 0.15) is 6.92 Å². The molecule has 0 amide bonds. The van der Waals surface area contributed by atoms with Gasteiger partial charge in [-0.05, 0) is 6.92 Å². The number of carbonyl (C=O) groups is 1. The number of thiol groups is 1. The van der Waals surface area contributed by atoms with Crippen LogP contribution in [0.25, 0.3) is 0 Å². The maximum Gasteiger partial charge on any atom is 0.315 e. The highest BCUT2D eigenvalue weighted by Gasteiger charge is 2.32. The molecule has 0 aromatic rings. The van der Waals surface area contributed by atoms with Gasteiger partial charge in [0.05, 0.1) is 12.1 Å². The molecule has 2 unspecified atom stereocenters. The van der Waals surface area contributed by atoms with E-state index in [0.29, 0.717) is 0 Å². The van der Waals surface area contributed by atoms with Gasteiger partial charge in [0, 0.05) is 0 Å². The summed E-state index contributed by atoms with van der Waals surface area (Å²) in [6.45, 7) is 1.66. The van der Waals surface area contributed by atoms with Crippen LogP contribution in [0.5, 0.6) is 0 Å². The Labute approximate surface area is 93.3 Å². The number of hydrogen-bond donors (Lipinski definition) is 3. The fraction of sp³-hybridized carbons (Fsp3) is 0.833. The maximum atomic E-state index is 11.4. The Kier molecular flexibility index (Phi) is 6.14. The highest BCUT2D eigenvalue weighted by atomic mass is 32.1. The van der Waals surface area contributed by atoms with Gasteiger partial charge in [0.25, 0.3) is 0 Å². The second kappa shape index (κ2) is 6.06. The lowest BCUT2D eigenvalue weighted by atomic mass is 10.8. The lowest BCUT2D eigenvalue weighted by Crippen LogP contribution is -2.11. The van der Waals surface area contributed by atoms with E-state index in [1.807, 2.05) is 0 Å². The quantitative estimate of drug-likeness (QED) is 0.379. The van der Waals surface area contributed by atoms with Crippen molar-refractivity contribution in [1.82, 2.24) is 0 Å². The van der Waals surface area contributed by atoms with Gasteiger partial charge >= 0.3 is 5.97 Å². The fourth-order valence-electron chi connectivity index (χ4n) is 0.848. The van der Waals surface area contributed by atoms with Crippen LogP contribution in [0, 0.1) is 0 Å². The summed E-state index contributed by atoms with van der Waals surface area (Å²) in [7, 11) is -7.68. The average molecular weight is 276 g/mol. The zero-order chi connectivity index (χ0) is 12.1. The third-order valence-corrected chi connectivity index (χ3v) is 7.40. The Balaban J connectivity index is 4.38. The zero-order valence-corrected chi connectivity index (χ0v) is 10.9. The van der Waals surface area contributed by atoms with Crippen molar-refractivity contribution in [2.75, 3.05) is 24.2 Å². The summed E-state index contributed by atoms with van der Waals surface area (Å²) in [4.78, 5) is 29.3. The Morgan fingerprint density at radius 3 is 2.27 bits per heavy atom. The number of carbonyl (C=O) groups excluding carboxylic acids is 1. The molecular formula is C6H14O6P2S. The van der Waals surface area contributed by atoms with E-state index in [-0.39, 0.29) is 12.1 Å². The summed E-state index contributed by atoms with van der Waals surface area (Å²) >= 11 is 3.58. The molecule has 90 valence electrons. The van der Waals surface area contributed by atoms with Crippen LogP contribution in [0.4, 0.5) is 0 Å². The molecule has 0 saturated heterocycles. The number of rotatable bonds is 6. The summed E-state index contributed by atoms with van der Waals surface area (Å²) in [5.74, 6) is -1.65. The summed E-state index contributed by atoms with van der Waals surface area (Å²) < 4.78 is 27.0. The van der Waals surface area contributed by atoms with Crippen LogP contribution >= 0.6 is 27.4 Å². The normalized spacial score (nSPS) is 18.9. The molecule has 0 fully saturated rings. The summed E-state index contributed by atoms with van der Waals surface area (Å²) in [6, 6.07) is 0. The molecule has 0 aliphatic carbocycles. The third-order valence-electron chi connectivity index (χ3n) is 1.34. The molecule has 6 nitrogen and oxygen atoms in total. The molecule has 9 heteroatoms. The molecule has 0 saturated carbocycles. The first-order chi connectivity index (χ1) is 6.72. The highest BCUT2D eigenvalue weighted by Crippen LogP contribution is 2.57. The van der Waals surface area contributed by atoms with Gasteiger partial charge < -0.3 is 14.5 Å². The van der Waals surface area contributed by atoms with E-state index in [9.17, 15) is 18.8 Å². The molecule has 2 atom stereocenters. The topological polar surface area (TPSA) is 101 Å². The predicted molar refractivity (Wildman–Crippen MR) is 59.9 cm³/mol. The van der Waals surface area contributed by atoms with Crippen molar-refractivity contribution in [3.8, 4) is 0 Å². The predicted octanol–water partition coefficient (Wildman–Crippen LogP) is 0.935. The van der Waals surface area contributed by atoms with Crippen LogP contribution in [-0.2, 0) is 18.7 Å². The zero-order valence-electron chi connectivity index (χ0n) is 8.20. The largest absolute Gasteiger partial charge is 0.466 e. The van der Waals surface area contributed by atoms with Crippen molar-refractivity contribution in [2.45, 2.75) is 6.92 Å². The molecule has 15 heavy (non-hydrogen) atoms. The van der Waals surface area contributed by atoms with Crippen molar-refractivity contribution < 1.29 is 28.4 Å². The minimum atomic E-state index is -3.95. The molecule has 0 aromatic heterocycles. The molecule has 2 N–H and O–H groups in total. The van der Waals surface area contributed by atoms with Gasteiger partial charge in [-0.3, -0.25) is 13.9 Å². The maximum absolute atomic E-state index is 11.4. The third kappa shape index (κ3) is 7.14. The van der Waals surface area contributed by atoms with Gasteiger partial charge in [-0.15, -0.1) is 0 Å². The van der Waals surface area contributed by atoms with Crippen molar-refractivity contribution in [2.24, 2.45) is 0 Å². The van der Waals surface area contributed by atoms with E-state index in [4.69, 9.17) is 4.89 Å². The minimum Gasteiger partial charge on any atom is -0.466 e. The van der Waals surface area contributed by atoms with Gasteiger partial charge in [0.15, 0.2) is 0 Å². The lowest BCUT2D eigenvalue weighted by molar-refractivity contribution is -0.140. The lowest BCUT2D eigenvalue weighted by Gasteiger charge is -2.14. The number of ether oxygens (including phenoxy) is 1. The Morgan fingerprint density at radius 1 is 1.33 bits per heavy atom. The van der Waals surface area contributed by atoms with E-state index >= 15 is 0 Å². The van der Waals surface area contributed by atoms with Crippen molar-refractivity contribution in [3.63, 3.8) is 0 Å². The molecule has 0 radical (unpaired) electrons. The molecule has 0 heterocycles. The smallest absolute Gasteiger partial charge is 0.315 e. The van der Waals surface area contributed by atoms with Gasteiger partial charge in [-0.1, -0.05) is 0 Å². The molecule has 0 aliphatic heterocycles. The fourth-order valence-corrected chi connectivity index (χ4v) is 5.67. The van der Waals surface area contributed by atoms with Crippen LogP contribution < -0.4 is 0 Å². The first-order valence-corrected chi connectivity index (χ1v) is 8.80. The summed E-state index contributed by atoms with van der Waals surface area (Å²) in [5, 5.41) is 0. The standard InChI is InChI=1S/C6H14O6P2S/c1-2-12-6(7)3-13(8,9)4-14(10,11)5-15/h15H,2-5H2,1H3,(H,8,9)(H,10,11). The van der Waals surface area contributed by atoms with Crippen molar-refractivity contribution >= 4 is 33.3 Å². The van der Waals surface area contributed by atoms with E-state index in [0.717, 1.165) is 0 Å². The van der Waals surface area contributed by atoms with E-state index in [1.54, 1.807) is 6.92 Å². The van der Waals surface area contributed by atoms with Crippen molar-refractivity contribution in [1.29, 1.82) is 0 Å². The van der Waals surface area contributed by atoms with Gasteiger partial charge in [0.2, 0.25) is 14.7 Å². The highest BCUT2D eigenvalue weighted by molar-refractivity contribution is 7.91. The van der Waals surface area contributed by atoms with E-state index < -0.39 is 32.8 Å². The monoisotopic (exact) mass is 276 g/mol. The van der Waals surface area contributed by atoms with Gasteiger partial charge in [-0.25, -0.2) is 0 Å². The van der Waals surface area contributed by atoms with Crippen LogP contribution in [-0.4, -0.2) is 39.9 Å². The first kappa shape index (κ1) is 15.2. The molecule has 0 rings (SSSR count). The van der Waals surface area contributed by atoms with Crippen LogP contribution in [0.3, 0.4) is 0 Å². The molecule has 0 spiro atoms. The Morgan fingerprint density at radius 2 is 1.87 bits per heavy atom. The average Bonchev–Trinajstić information content (AvgIpc) is 2.01. The summed E-state index contributed by atoms with van der Waals surface area (Å²) in [6.07, 6.45) is -0.737. The van der Waals surface area contributed by atoms with Crippen LogP contribution in [0.15, 0.2) is 0 Å². The Bertz CT molecular complexity index is 317. The van der Waals surface area contributed by atoms with E-state index in [1.165, 1.54) is 0 Å². The number of esters is 1. The Hall–Kier alpha value is 0.200. The second-order valence-corrected chi connectivity index (χ2v) is 8.90. The first-order valence-electron chi connectivity index (χ1n) is 4.10.